The van der Waals surface area contributed by atoms with Gasteiger partial charge in [0, 0.05) is 21.1 Å². The highest BCUT2D eigenvalue weighted by Crippen LogP contribution is 2.29. The number of rotatable bonds is 11. The third-order valence-electron chi connectivity index (χ3n) is 6.81. The molecule has 0 radical (unpaired) electrons. The molecule has 9 nitrogen and oxygen atoms in total. The van der Waals surface area contributed by atoms with E-state index >= 15 is 0 Å². The maximum Gasteiger partial charge on any atom is 0.313 e. The largest absolute Gasteiger partial charge is 0.469 e. The zero-order valence-electron chi connectivity index (χ0n) is 22.3. The topological polar surface area (TPSA) is 105 Å². The Morgan fingerprint density at radius 2 is 1.89 bits per heavy atom. The average molecular weight is 523 g/mol. The number of carbonyl (C=O) groups is 2. The highest BCUT2D eigenvalue weighted by molar-refractivity contribution is 5.92. The maximum atomic E-state index is 13.0. The van der Waals surface area contributed by atoms with Crippen LogP contribution < -0.4 is 5.32 Å². The van der Waals surface area contributed by atoms with Gasteiger partial charge in [-0.3, -0.25) is 14.3 Å². The van der Waals surface area contributed by atoms with E-state index in [0.717, 1.165) is 36.0 Å². The molecule has 2 aromatic carbocycles. The lowest BCUT2D eigenvalue weighted by Crippen LogP contribution is -2.45. The van der Waals surface area contributed by atoms with Gasteiger partial charge < -0.3 is 19.5 Å². The summed E-state index contributed by atoms with van der Waals surface area (Å²) in [7, 11) is 3.07. The normalized spacial score (nSPS) is 17.8. The fourth-order valence-electron chi connectivity index (χ4n) is 4.74. The molecule has 0 bridgehead atoms. The number of nitrogens with one attached hydrogen (secondary N) is 1. The molecule has 2 heterocycles. The standard InChI is InChI=1S/C29H36N4O5.H2/c1-29(28(35)36-3,20-38-26-11-7-8-16-37-26)18-24(30-27(34)25-19-33(2)32-31-25)17-21-12-14-23(15-13-21)22-9-5-4-6-10-22;/h4-6,9-10,12-15,19,24,26H,7-8,11,16-18,20H2,1-3H3,(H,30,34);1H/t24-,26?,29+;/m1./s1. The quantitative estimate of drug-likeness (QED) is 0.377. The number of methoxy groups -OCH3 is 1. The van der Waals surface area contributed by atoms with Crippen molar-refractivity contribution in [2.24, 2.45) is 12.5 Å². The Morgan fingerprint density at radius 1 is 1.16 bits per heavy atom. The summed E-state index contributed by atoms with van der Waals surface area (Å²) >= 11 is 0. The van der Waals surface area contributed by atoms with Crippen molar-refractivity contribution in [2.45, 2.75) is 51.4 Å². The molecule has 0 aliphatic carbocycles. The van der Waals surface area contributed by atoms with Crippen LogP contribution >= 0.6 is 0 Å². The Kier molecular flexibility index (Phi) is 9.25. The molecule has 1 aromatic heterocycles. The fraction of sp³-hybridized carbons (Fsp3) is 0.448. The summed E-state index contributed by atoms with van der Waals surface area (Å²) in [6.07, 6.45) is 4.85. The Balaban J connectivity index is 0.00000420. The van der Waals surface area contributed by atoms with Crippen molar-refractivity contribution in [3.05, 3.63) is 72.1 Å². The SMILES string of the molecule is COC(=O)[C@](C)(COC1CCCCO1)C[C@@H](Cc1ccc(-c2ccccc2)cc1)NC(=O)c1cn(C)nn1.[HH]. The lowest BCUT2D eigenvalue weighted by molar-refractivity contribution is -0.189. The molecule has 0 saturated carbocycles. The van der Waals surface area contributed by atoms with Gasteiger partial charge in [0.2, 0.25) is 0 Å². The predicted molar refractivity (Wildman–Crippen MR) is 144 cm³/mol. The van der Waals surface area contributed by atoms with Crippen LogP contribution in [0, 0.1) is 5.41 Å². The molecule has 1 saturated heterocycles. The second kappa shape index (κ2) is 12.8. The number of amides is 1. The van der Waals surface area contributed by atoms with E-state index in [1.165, 1.54) is 11.8 Å². The van der Waals surface area contributed by atoms with Crippen LogP contribution in [0.25, 0.3) is 11.1 Å². The molecule has 38 heavy (non-hydrogen) atoms. The first-order valence-corrected chi connectivity index (χ1v) is 13.0. The third kappa shape index (κ3) is 7.26. The van der Waals surface area contributed by atoms with Crippen LogP contribution in [0.15, 0.2) is 60.8 Å². The number of ether oxygens (including phenoxy) is 3. The lowest BCUT2D eigenvalue weighted by atomic mass is 9.82. The second-order valence-electron chi connectivity index (χ2n) is 10.1. The monoisotopic (exact) mass is 522 g/mol. The number of benzene rings is 2. The van der Waals surface area contributed by atoms with Gasteiger partial charge in [-0.2, -0.15) is 0 Å². The Morgan fingerprint density at radius 3 is 2.53 bits per heavy atom. The number of hydrogen-bond donors (Lipinski definition) is 1. The van der Waals surface area contributed by atoms with Gasteiger partial charge in [-0.15, -0.1) is 5.10 Å². The van der Waals surface area contributed by atoms with Crippen LogP contribution in [0.5, 0.6) is 0 Å². The third-order valence-corrected chi connectivity index (χ3v) is 6.81. The van der Waals surface area contributed by atoms with Crippen LogP contribution in [0.1, 0.15) is 50.1 Å². The van der Waals surface area contributed by atoms with Gasteiger partial charge in [-0.25, -0.2) is 0 Å². The molecule has 1 fully saturated rings. The van der Waals surface area contributed by atoms with E-state index in [2.05, 4.69) is 39.9 Å². The molecular formula is C29H38N4O5. The van der Waals surface area contributed by atoms with Crippen molar-refractivity contribution in [1.29, 1.82) is 0 Å². The number of carbonyl (C=O) groups excluding carboxylic acids is 2. The summed E-state index contributed by atoms with van der Waals surface area (Å²) in [6, 6.07) is 18.0. The van der Waals surface area contributed by atoms with E-state index in [0.29, 0.717) is 19.4 Å². The van der Waals surface area contributed by atoms with Gasteiger partial charge in [-0.05, 0) is 55.7 Å². The minimum absolute atomic E-state index is 0. The Labute approximate surface area is 225 Å². The Bertz CT molecular complexity index is 1200. The van der Waals surface area contributed by atoms with E-state index in [1.54, 1.807) is 13.2 Å². The zero-order chi connectivity index (χ0) is 27.0. The van der Waals surface area contributed by atoms with Crippen LogP contribution in [0.2, 0.25) is 0 Å². The lowest BCUT2D eigenvalue weighted by Gasteiger charge is -2.33. The molecule has 1 N–H and O–H groups in total. The smallest absolute Gasteiger partial charge is 0.313 e. The summed E-state index contributed by atoms with van der Waals surface area (Å²) in [4.78, 5) is 26.0. The van der Waals surface area contributed by atoms with E-state index in [-0.39, 0.29) is 25.9 Å². The van der Waals surface area contributed by atoms with Gasteiger partial charge in [0.05, 0.1) is 25.3 Å². The number of aryl methyl sites for hydroxylation is 1. The van der Waals surface area contributed by atoms with Gasteiger partial charge in [-0.1, -0.05) is 59.8 Å². The van der Waals surface area contributed by atoms with Crippen molar-refractivity contribution >= 4 is 11.9 Å². The average Bonchev–Trinajstić information content (AvgIpc) is 3.39. The highest BCUT2D eigenvalue weighted by atomic mass is 16.7. The second-order valence-corrected chi connectivity index (χ2v) is 10.1. The van der Waals surface area contributed by atoms with E-state index < -0.39 is 17.4 Å². The first-order valence-electron chi connectivity index (χ1n) is 13.0. The molecule has 3 aromatic rings. The molecule has 204 valence electrons. The Hall–Kier alpha value is -3.56. The molecule has 0 spiro atoms. The summed E-state index contributed by atoms with van der Waals surface area (Å²) in [5.74, 6) is -0.751. The van der Waals surface area contributed by atoms with Gasteiger partial charge in [0.25, 0.3) is 5.91 Å². The number of hydrogen-bond acceptors (Lipinski definition) is 7. The number of aromatic nitrogens is 3. The number of esters is 1. The molecule has 1 amide bonds. The van der Waals surface area contributed by atoms with Gasteiger partial charge in [0.15, 0.2) is 12.0 Å². The first-order chi connectivity index (χ1) is 18.4. The van der Waals surface area contributed by atoms with Crippen molar-refractivity contribution in [3.8, 4) is 11.1 Å². The molecular weight excluding hydrogens is 484 g/mol. The minimum Gasteiger partial charge on any atom is -0.469 e. The van der Waals surface area contributed by atoms with Crippen molar-refractivity contribution in [1.82, 2.24) is 20.3 Å². The van der Waals surface area contributed by atoms with Crippen LogP contribution in [0.3, 0.4) is 0 Å². The van der Waals surface area contributed by atoms with E-state index in [1.807, 2.05) is 37.3 Å². The highest BCUT2D eigenvalue weighted by Gasteiger charge is 2.39. The van der Waals surface area contributed by atoms with Crippen molar-refractivity contribution in [2.75, 3.05) is 20.3 Å². The molecule has 3 atom stereocenters. The molecule has 1 aliphatic heterocycles. The predicted octanol–water partition coefficient (Wildman–Crippen LogP) is 4.18. The van der Waals surface area contributed by atoms with Crippen LogP contribution in [-0.2, 0) is 32.5 Å². The summed E-state index contributed by atoms with van der Waals surface area (Å²) in [5.41, 5.74) is 2.47. The van der Waals surface area contributed by atoms with Crippen LogP contribution in [-0.4, -0.2) is 59.5 Å². The fourth-order valence-corrected chi connectivity index (χ4v) is 4.74. The summed E-state index contributed by atoms with van der Waals surface area (Å²) < 4.78 is 18.4. The maximum absolute atomic E-state index is 13.0. The zero-order valence-corrected chi connectivity index (χ0v) is 22.3. The van der Waals surface area contributed by atoms with Crippen LogP contribution in [0.4, 0.5) is 0 Å². The first kappa shape index (κ1) is 27.5. The van der Waals surface area contributed by atoms with Gasteiger partial charge >= 0.3 is 5.97 Å². The summed E-state index contributed by atoms with van der Waals surface area (Å²) in [6.45, 7) is 2.58. The summed E-state index contributed by atoms with van der Waals surface area (Å²) in [5, 5.41) is 10.9. The molecule has 4 rings (SSSR count). The van der Waals surface area contributed by atoms with E-state index in [9.17, 15) is 9.59 Å². The van der Waals surface area contributed by atoms with Gasteiger partial charge in [0.1, 0.15) is 0 Å². The van der Waals surface area contributed by atoms with Crippen molar-refractivity contribution in [3.63, 3.8) is 0 Å². The van der Waals surface area contributed by atoms with Crippen molar-refractivity contribution < 1.29 is 25.2 Å². The molecule has 9 heteroatoms. The molecule has 1 unspecified atom stereocenters. The molecule has 1 aliphatic rings. The number of nitrogens with zero attached hydrogens (tertiary/aromatic N) is 3. The minimum atomic E-state index is -1.00. The van der Waals surface area contributed by atoms with E-state index in [4.69, 9.17) is 14.2 Å².